The molecule has 7 nitrogen and oxygen atoms in total. The molecule has 3 rings (SSSR count). The van der Waals surface area contributed by atoms with Crippen molar-refractivity contribution >= 4 is 23.2 Å². The van der Waals surface area contributed by atoms with Crippen LogP contribution < -0.4 is 15.0 Å². The Morgan fingerprint density at radius 3 is 2.59 bits per heavy atom. The average molecular weight is 389 g/mol. The molecule has 0 aliphatic heterocycles. The van der Waals surface area contributed by atoms with E-state index in [0.29, 0.717) is 27.9 Å². The molecular weight excluding hydrogens is 372 g/mol. The van der Waals surface area contributed by atoms with E-state index < -0.39 is 12.1 Å². The molecule has 1 atom stereocenters. The second-order valence-electron chi connectivity index (χ2n) is 5.70. The summed E-state index contributed by atoms with van der Waals surface area (Å²) in [6.07, 6.45) is 0.658. The van der Waals surface area contributed by atoms with Gasteiger partial charge in [0, 0.05) is 12.3 Å². The van der Waals surface area contributed by atoms with Crippen LogP contribution in [0.4, 0.5) is 0 Å². The predicted octanol–water partition coefficient (Wildman–Crippen LogP) is 2.87. The lowest BCUT2D eigenvalue weighted by atomic mass is 10.3. The highest BCUT2D eigenvalue weighted by Crippen LogP contribution is 2.18. The van der Waals surface area contributed by atoms with E-state index >= 15 is 0 Å². The first-order valence-corrected chi connectivity index (χ1v) is 8.49. The van der Waals surface area contributed by atoms with Gasteiger partial charge in [0.05, 0.1) is 17.8 Å². The number of hydrogen-bond donors (Lipinski definition) is 0. The molecule has 0 fully saturated rings. The van der Waals surface area contributed by atoms with E-state index in [2.05, 4.69) is 4.98 Å². The van der Waals surface area contributed by atoms with Crippen molar-refractivity contribution in [3.05, 3.63) is 69.7 Å². The van der Waals surface area contributed by atoms with E-state index in [1.54, 1.807) is 50.4 Å². The lowest BCUT2D eigenvalue weighted by Crippen LogP contribution is -2.26. The Morgan fingerprint density at radius 1 is 1.19 bits per heavy atom. The van der Waals surface area contributed by atoms with E-state index in [4.69, 9.17) is 25.8 Å². The highest BCUT2D eigenvalue weighted by Gasteiger charge is 2.17. The molecule has 0 saturated carbocycles. The van der Waals surface area contributed by atoms with Gasteiger partial charge in [-0.2, -0.15) is 0 Å². The van der Waals surface area contributed by atoms with Gasteiger partial charge >= 0.3 is 5.97 Å². The Balaban J connectivity index is 1.63. The molecular formula is C19H17ClN2O5. The van der Waals surface area contributed by atoms with E-state index in [0.717, 1.165) is 0 Å². The van der Waals surface area contributed by atoms with Crippen LogP contribution in [-0.2, 0) is 16.1 Å². The normalized spacial score (nSPS) is 11.8. The number of esters is 1. The van der Waals surface area contributed by atoms with Gasteiger partial charge in [0.1, 0.15) is 23.8 Å². The molecule has 0 bridgehead atoms. The Morgan fingerprint density at radius 2 is 1.89 bits per heavy atom. The number of carbonyl (C=O) groups is 1. The molecule has 0 N–H and O–H groups in total. The maximum absolute atomic E-state index is 12.1. The van der Waals surface area contributed by atoms with Gasteiger partial charge in [-0.15, -0.1) is 0 Å². The van der Waals surface area contributed by atoms with Crippen molar-refractivity contribution in [1.82, 2.24) is 9.38 Å². The van der Waals surface area contributed by atoms with Crippen LogP contribution in [0.1, 0.15) is 12.6 Å². The highest BCUT2D eigenvalue weighted by molar-refractivity contribution is 6.30. The van der Waals surface area contributed by atoms with Crippen LogP contribution in [0.25, 0.3) is 5.65 Å². The molecule has 0 saturated heterocycles. The van der Waals surface area contributed by atoms with Crippen LogP contribution in [-0.4, -0.2) is 28.6 Å². The maximum Gasteiger partial charge on any atom is 0.347 e. The summed E-state index contributed by atoms with van der Waals surface area (Å²) in [5.41, 5.74) is 0.448. The molecule has 0 aliphatic carbocycles. The average Bonchev–Trinajstić information content (AvgIpc) is 2.67. The molecule has 0 unspecified atom stereocenters. The first-order valence-electron chi connectivity index (χ1n) is 8.11. The van der Waals surface area contributed by atoms with E-state index in [-0.39, 0.29) is 12.2 Å². The van der Waals surface area contributed by atoms with Gasteiger partial charge in [-0.3, -0.25) is 9.20 Å². The SMILES string of the molecule is COc1ccc(O[C@@H](C)C(=O)OCc2cc(=O)n3cc(Cl)ccc3n2)cc1. The first-order chi connectivity index (χ1) is 13.0. The number of fused-ring (bicyclic) bond motifs is 1. The van der Waals surface area contributed by atoms with Gasteiger partial charge in [0.15, 0.2) is 6.10 Å². The zero-order valence-corrected chi connectivity index (χ0v) is 15.5. The van der Waals surface area contributed by atoms with Gasteiger partial charge in [-0.1, -0.05) is 11.6 Å². The number of hydrogen-bond acceptors (Lipinski definition) is 6. The number of ether oxygens (including phenoxy) is 3. The largest absolute Gasteiger partial charge is 0.497 e. The van der Waals surface area contributed by atoms with Crippen molar-refractivity contribution < 1.29 is 19.0 Å². The van der Waals surface area contributed by atoms with E-state index in [1.165, 1.54) is 16.7 Å². The van der Waals surface area contributed by atoms with Crippen LogP contribution in [0.3, 0.4) is 0 Å². The number of benzene rings is 1. The minimum Gasteiger partial charge on any atom is -0.497 e. The van der Waals surface area contributed by atoms with Crippen molar-refractivity contribution in [2.45, 2.75) is 19.6 Å². The summed E-state index contributed by atoms with van der Waals surface area (Å²) in [4.78, 5) is 28.5. The molecule has 2 heterocycles. The van der Waals surface area contributed by atoms with Gasteiger partial charge in [-0.25, -0.2) is 9.78 Å². The van der Waals surface area contributed by atoms with Crippen LogP contribution in [0.5, 0.6) is 11.5 Å². The van der Waals surface area contributed by atoms with E-state index in [1.807, 2.05) is 0 Å². The second-order valence-corrected chi connectivity index (χ2v) is 6.14. The Labute approximate surface area is 160 Å². The summed E-state index contributed by atoms with van der Waals surface area (Å²) >= 11 is 5.87. The van der Waals surface area contributed by atoms with Crippen molar-refractivity contribution in [2.75, 3.05) is 7.11 Å². The predicted molar refractivity (Wildman–Crippen MR) is 99.4 cm³/mol. The summed E-state index contributed by atoms with van der Waals surface area (Å²) < 4.78 is 17.1. The summed E-state index contributed by atoms with van der Waals surface area (Å²) in [6.45, 7) is 1.45. The van der Waals surface area contributed by atoms with Crippen molar-refractivity contribution in [1.29, 1.82) is 0 Å². The molecule has 0 radical (unpaired) electrons. The van der Waals surface area contributed by atoms with Gasteiger partial charge in [-0.05, 0) is 43.3 Å². The minimum absolute atomic E-state index is 0.135. The third-order valence-electron chi connectivity index (χ3n) is 3.74. The lowest BCUT2D eigenvalue weighted by Gasteiger charge is -2.14. The van der Waals surface area contributed by atoms with Crippen molar-refractivity contribution in [3.63, 3.8) is 0 Å². The number of carbonyl (C=O) groups excluding carboxylic acids is 1. The van der Waals surface area contributed by atoms with Crippen molar-refractivity contribution in [3.8, 4) is 11.5 Å². The number of rotatable bonds is 6. The molecule has 3 aromatic rings. The molecule has 0 aliphatic rings. The lowest BCUT2D eigenvalue weighted by molar-refractivity contribution is -0.152. The van der Waals surface area contributed by atoms with Crippen LogP contribution >= 0.6 is 11.6 Å². The van der Waals surface area contributed by atoms with Gasteiger partial charge < -0.3 is 14.2 Å². The smallest absolute Gasteiger partial charge is 0.347 e. The summed E-state index contributed by atoms with van der Waals surface area (Å²) in [5, 5.41) is 0.426. The molecule has 2 aromatic heterocycles. The molecule has 8 heteroatoms. The highest BCUT2D eigenvalue weighted by atomic mass is 35.5. The molecule has 0 spiro atoms. The summed E-state index contributed by atoms with van der Waals surface area (Å²) in [7, 11) is 1.57. The monoisotopic (exact) mass is 388 g/mol. The number of halogens is 1. The number of pyridine rings is 1. The fraction of sp³-hybridized carbons (Fsp3) is 0.211. The molecule has 1 aromatic carbocycles. The maximum atomic E-state index is 12.1. The quantitative estimate of drug-likeness (QED) is 0.604. The first kappa shape index (κ1) is 18.7. The zero-order chi connectivity index (χ0) is 19.4. The Bertz CT molecular complexity index is 1020. The minimum atomic E-state index is -0.821. The Kier molecular flexibility index (Phi) is 5.61. The van der Waals surface area contributed by atoms with Crippen LogP contribution in [0.15, 0.2) is 53.5 Å². The van der Waals surface area contributed by atoms with Crippen LogP contribution in [0, 0.1) is 0 Å². The number of aromatic nitrogens is 2. The Hall–Kier alpha value is -3.06. The van der Waals surface area contributed by atoms with Crippen LogP contribution in [0.2, 0.25) is 5.02 Å². The summed E-state index contributed by atoms with van der Waals surface area (Å²) in [5.74, 6) is 0.635. The van der Waals surface area contributed by atoms with Gasteiger partial charge in [0.2, 0.25) is 0 Å². The van der Waals surface area contributed by atoms with Crippen molar-refractivity contribution in [2.24, 2.45) is 0 Å². The fourth-order valence-electron chi connectivity index (χ4n) is 2.37. The number of methoxy groups -OCH3 is 1. The zero-order valence-electron chi connectivity index (χ0n) is 14.7. The third kappa shape index (κ3) is 4.57. The second kappa shape index (κ2) is 8.09. The molecule has 0 amide bonds. The molecule has 27 heavy (non-hydrogen) atoms. The fourth-order valence-corrected chi connectivity index (χ4v) is 2.53. The topological polar surface area (TPSA) is 79.1 Å². The number of nitrogens with zero attached hydrogens (tertiary/aromatic N) is 2. The molecule has 140 valence electrons. The van der Waals surface area contributed by atoms with E-state index in [9.17, 15) is 9.59 Å². The standard InChI is InChI=1S/C19H17ClN2O5/c1-12(27-16-6-4-15(25-2)5-7-16)19(24)26-11-14-9-18(23)22-10-13(20)3-8-17(22)21-14/h3-10,12H,11H2,1-2H3/t12-/m0/s1. The van der Waals surface area contributed by atoms with Gasteiger partial charge in [0.25, 0.3) is 5.56 Å². The summed E-state index contributed by atoms with van der Waals surface area (Å²) in [6, 6.07) is 11.4. The third-order valence-corrected chi connectivity index (χ3v) is 3.97.